The fourth-order valence-corrected chi connectivity index (χ4v) is 4.38. The summed E-state index contributed by atoms with van der Waals surface area (Å²) in [7, 11) is 2.78. The Balaban J connectivity index is 1.64. The Kier molecular flexibility index (Phi) is 5.56. The summed E-state index contributed by atoms with van der Waals surface area (Å²) in [5, 5.41) is 4.33. The molecule has 0 aromatic heterocycles. The monoisotopic (exact) mass is 446 g/mol. The normalized spacial score (nSPS) is 10.9. The van der Waals surface area contributed by atoms with Crippen LogP contribution in [0.2, 0.25) is 0 Å². The molecule has 0 aliphatic carbocycles. The van der Waals surface area contributed by atoms with Gasteiger partial charge in [0.2, 0.25) is 0 Å². The summed E-state index contributed by atoms with van der Waals surface area (Å²) >= 11 is 0. The van der Waals surface area contributed by atoms with Crippen molar-refractivity contribution in [3.63, 3.8) is 0 Å². The van der Waals surface area contributed by atoms with Gasteiger partial charge in [-0.2, -0.15) is 0 Å². The molecule has 4 nitrogen and oxygen atoms in total. The molecule has 4 heteroatoms. The Morgan fingerprint density at radius 1 is 0.500 bits per heavy atom. The summed E-state index contributed by atoms with van der Waals surface area (Å²) in [6.07, 6.45) is 0. The molecule has 0 aliphatic rings. The first-order chi connectivity index (χ1) is 16.6. The molecule has 0 aliphatic heterocycles. The van der Waals surface area contributed by atoms with Gasteiger partial charge in [0.15, 0.2) is 0 Å². The van der Waals surface area contributed by atoms with E-state index in [4.69, 9.17) is 9.47 Å². The van der Waals surface area contributed by atoms with Gasteiger partial charge in [0.1, 0.15) is 0 Å². The fraction of sp³-hybridized carbons (Fsp3) is 0.0667. The molecule has 0 N–H and O–H groups in total. The quantitative estimate of drug-likeness (QED) is 0.223. The lowest BCUT2D eigenvalue weighted by Crippen LogP contribution is -2.03. The number of fused-ring (bicyclic) bond motifs is 2. The Labute approximate surface area is 197 Å². The number of esters is 2. The van der Waals surface area contributed by atoms with E-state index in [0.29, 0.717) is 11.1 Å². The molecule has 34 heavy (non-hydrogen) atoms. The van der Waals surface area contributed by atoms with Gasteiger partial charge in [-0.25, -0.2) is 9.59 Å². The predicted molar refractivity (Wildman–Crippen MR) is 135 cm³/mol. The maximum atomic E-state index is 12.3. The fourth-order valence-electron chi connectivity index (χ4n) is 4.38. The number of hydrogen-bond donors (Lipinski definition) is 0. The minimum Gasteiger partial charge on any atom is -0.465 e. The zero-order valence-corrected chi connectivity index (χ0v) is 18.9. The van der Waals surface area contributed by atoms with Crippen LogP contribution in [0.1, 0.15) is 20.7 Å². The van der Waals surface area contributed by atoms with Crippen molar-refractivity contribution in [3.8, 4) is 22.3 Å². The number of hydrogen-bond acceptors (Lipinski definition) is 4. The molecule has 0 radical (unpaired) electrons. The number of ether oxygens (including phenoxy) is 2. The van der Waals surface area contributed by atoms with Gasteiger partial charge in [-0.1, -0.05) is 60.7 Å². The maximum Gasteiger partial charge on any atom is 0.338 e. The molecule has 0 saturated carbocycles. The Hall–Kier alpha value is -4.44. The third-order valence-electron chi connectivity index (χ3n) is 6.08. The van der Waals surface area contributed by atoms with Crippen LogP contribution in [-0.2, 0) is 9.47 Å². The zero-order valence-electron chi connectivity index (χ0n) is 18.9. The number of benzene rings is 5. The lowest BCUT2D eigenvalue weighted by Gasteiger charge is -2.11. The topological polar surface area (TPSA) is 52.6 Å². The minimum absolute atomic E-state index is 0.358. The number of rotatable bonds is 4. The van der Waals surface area contributed by atoms with Gasteiger partial charge in [-0.15, -0.1) is 0 Å². The van der Waals surface area contributed by atoms with E-state index in [1.165, 1.54) is 14.2 Å². The van der Waals surface area contributed by atoms with Gasteiger partial charge >= 0.3 is 11.9 Å². The first-order valence-electron chi connectivity index (χ1n) is 10.9. The van der Waals surface area contributed by atoms with Gasteiger partial charge in [0.25, 0.3) is 0 Å². The van der Waals surface area contributed by atoms with Crippen molar-refractivity contribution in [2.75, 3.05) is 14.2 Å². The predicted octanol–water partition coefficient (Wildman–Crippen LogP) is 6.90. The van der Waals surface area contributed by atoms with Crippen molar-refractivity contribution in [1.29, 1.82) is 0 Å². The molecule has 0 spiro atoms. The lowest BCUT2D eigenvalue weighted by molar-refractivity contribution is 0.0592. The van der Waals surface area contributed by atoms with Crippen molar-refractivity contribution in [1.82, 2.24) is 0 Å². The minimum atomic E-state index is -0.358. The summed E-state index contributed by atoms with van der Waals surface area (Å²) in [5.74, 6) is -0.716. The highest BCUT2D eigenvalue weighted by Gasteiger charge is 2.14. The molecule has 0 saturated heterocycles. The van der Waals surface area contributed by atoms with E-state index < -0.39 is 0 Å². The van der Waals surface area contributed by atoms with Gasteiger partial charge in [-0.3, -0.25) is 0 Å². The molecule has 0 amide bonds. The van der Waals surface area contributed by atoms with Crippen molar-refractivity contribution in [3.05, 3.63) is 108 Å². The molecule has 0 bridgehead atoms. The van der Waals surface area contributed by atoms with Gasteiger partial charge in [0, 0.05) is 0 Å². The van der Waals surface area contributed by atoms with Crippen molar-refractivity contribution in [2.24, 2.45) is 0 Å². The van der Waals surface area contributed by atoms with Crippen LogP contribution >= 0.6 is 0 Å². The van der Waals surface area contributed by atoms with Gasteiger partial charge in [0.05, 0.1) is 25.3 Å². The van der Waals surface area contributed by atoms with E-state index in [1.54, 1.807) is 12.1 Å². The smallest absolute Gasteiger partial charge is 0.338 e. The van der Waals surface area contributed by atoms with Gasteiger partial charge < -0.3 is 9.47 Å². The largest absolute Gasteiger partial charge is 0.465 e. The van der Waals surface area contributed by atoms with Crippen LogP contribution in [0.25, 0.3) is 43.8 Å². The molecule has 5 rings (SSSR count). The SMILES string of the molecule is COC(=O)c1ccccc1-c1ccc2cc3ccc(-c4ccccc4C(=O)OC)cc3cc2c1. The van der Waals surface area contributed by atoms with E-state index in [9.17, 15) is 9.59 Å². The second-order valence-electron chi connectivity index (χ2n) is 8.05. The van der Waals surface area contributed by atoms with Crippen LogP contribution in [0.4, 0.5) is 0 Å². The van der Waals surface area contributed by atoms with Gasteiger partial charge in [-0.05, 0) is 80.2 Å². The Morgan fingerprint density at radius 3 is 1.35 bits per heavy atom. The summed E-state index contributed by atoms with van der Waals surface area (Å²) in [6, 6.07) is 31.5. The van der Waals surface area contributed by atoms with E-state index in [1.807, 2.05) is 48.5 Å². The lowest BCUT2D eigenvalue weighted by atomic mass is 9.94. The first kappa shape index (κ1) is 21.4. The van der Waals surface area contributed by atoms with Crippen LogP contribution in [-0.4, -0.2) is 26.2 Å². The highest BCUT2D eigenvalue weighted by Crippen LogP contribution is 2.33. The van der Waals surface area contributed by atoms with Crippen LogP contribution in [0.15, 0.2) is 97.1 Å². The van der Waals surface area contributed by atoms with E-state index >= 15 is 0 Å². The highest BCUT2D eigenvalue weighted by molar-refractivity contribution is 6.04. The first-order valence-corrected chi connectivity index (χ1v) is 10.9. The number of carbonyl (C=O) groups excluding carboxylic acids is 2. The number of methoxy groups -OCH3 is 2. The molecule has 5 aromatic rings. The standard InChI is InChI=1S/C30H22O4/c1-33-29(31)27-9-5-3-7-25(27)21-13-11-19-15-20-12-14-22(17-24(20)18-23(19)16-21)26-8-4-6-10-28(26)30(32)34-2/h3-18H,1-2H3. The number of carbonyl (C=O) groups is 2. The molecule has 166 valence electrons. The van der Waals surface area contributed by atoms with Crippen LogP contribution in [0.5, 0.6) is 0 Å². The molecular weight excluding hydrogens is 424 g/mol. The van der Waals surface area contributed by atoms with Crippen molar-refractivity contribution in [2.45, 2.75) is 0 Å². The summed E-state index contributed by atoms with van der Waals surface area (Å²) in [6.45, 7) is 0. The summed E-state index contributed by atoms with van der Waals surface area (Å²) < 4.78 is 9.92. The van der Waals surface area contributed by atoms with Crippen molar-refractivity contribution < 1.29 is 19.1 Å². The molecule has 0 fully saturated rings. The second-order valence-corrected chi connectivity index (χ2v) is 8.05. The average molecular weight is 447 g/mol. The third-order valence-corrected chi connectivity index (χ3v) is 6.08. The maximum absolute atomic E-state index is 12.3. The van der Waals surface area contributed by atoms with Crippen LogP contribution in [0.3, 0.4) is 0 Å². The third kappa shape index (κ3) is 3.80. The van der Waals surface area contributed by atoms with Crippen LogP contribution < -0.4 is 0 Å². The Morgan fingerprint density at radius 2 is 0.912 bits per heavy atom. The average Bonchev–Trinajstić information content (AvgIpc) is 2.90. The Bertz CT molecular complexity index is 1450. The van der Waals surface area contributed by atoms with E-state index in [0.717, 1.165) is 43.8 Å². The summed E-state index contributed by atoms with van der Waals surface area (Å²) in [5.41, 5.74) is 4.62. The molecule has 5 aromatic carbocycles. The zero-order chi connectivity index (χ0) is 23.7. The molecular formula is C30H22O4. The molecule has 0 atom stereocenters. The summed E-state index contributed by atoms with van der Waals surface area (Å²) in [4.78, 5) is 24.5. The van der Waals surface area contributed by atoms with E-state index in [-0.39, 0.29) is 11.9 Å². The highest BCUT2D eigenvalue weighted by atomic mass is 16.5. The second kappa shape index (κ2) is 8.83. The van der Waals surface area contributed by atoms with Crippen molar-refractivity contribution >= 4 is 33.5 Å². The molecule has 0 heterocycles. The van der Waals surface area contributed by atoms with E-state index in [2.05, 4.69) is 36.4 Å². The van der Waals surface area contributed by atoms with Crippen LogP contribution in [0, 0.1) is 0 Å². The molecule has 0 unspecified atom stereocenters.